The molecule has 0 spiro atoms. The molecule has 0 aliphatic carbocycles. The number of hydrogen-bond acceptors (Lipinski definition) is 8. The van der Waals surface area contributed by atoms with Gasteiger partial charge >= 0.3 is 0 Å². The van der Waals surface area contributed by atoms with Gasteiger partial charge in [0.1, 0.15) is 5.75 Å². The second kappa shape index (κ2) is 11.6. The summed E-state index contributed by atoms with van der Waals surface area (Å²) in [7, 11) is -2.36. The van der Waals surface area contributed by atoms with Crippen molar-refractivity contribution in [2.75, 3.05) is 56.0 Å². The zero-order valence-electron chi connectivity index (χ0n) is 21.9. The van der Waals surface area contributed by atoms with Gasteiger partial charge in [-0.2, -0.15) is 0 Å². The summed E-state index contributed by atoms with van der Waals surface area (Å²) in [6.45, 7) is 6.76. The van der Waals surface area contributed by atoms with E-state index in [-0.39, 0.29) is 22.1 Å². The summed E-state index contributed by atoms with van der Waals surface area (Å²) in [4.78, 5) is 22.5. The Morgan fingerprint density at radius 3 is 2.46 bits per heavy atom. The molecule has 1 aromatic heterocycles. The monoisotopic (exact) mass is 565 g/mol. The highest BCUT2D eigenvalue weighted by Crippen LogP contribution is 2.31. The van der Waals surface area contributed by atoms with Crippen molar-refractivity contribution in [1.82, 2.24) is 15.2 Å². The van der Waals surface area contributed by atoms with E-state index in [1.807, 2.05) is 0 Å². The minimum absolute atomic E-state index is 0.0821. The van der Waals surface area contributed by atoms with Crippen LogP contribution < -0.4 is 19.7 Å². The van der Waals surface area contributed by atoms with Crippen LogP contribution in [0.5, 0.6) is 5.75 Å². The van der Waals surface area contributed by atoms with Crippen molar-refractivity contribution in [1.29, 1.82) is 0 Å². The molecule has 0 unspecified atom stereocenters. The molecule has 0 atom stereocenters. The summed E-state index contributed by atoms with van der Waals surface area (Å²) in [5, 5.41) is 3.99. The number of aromatic nitrogens is 1. The maximum Gasteiger partial charge on any atom is 0.261 e. The fourth-order valence-electron chi connectivity index (χ4n) is 4.52. The number of aryl methyl sites for hydroxylation is 1. The number of amides is 1. The number of hydrogen-bond donors (Lipinski definition) is 2. The Hall–Kier alpha value is -3.67. The number of nitrogens with zero attached hydrogens (tertiary/aromatic N) is 3. The summed E-state index contributed by atoms with van der Waals surface area (Å²) in [6.07, 6.45) is 0. The average molecular weight is 566 g/mol. The van der Waals surface area contributed by atoms with E-state index in [0.717, 1.165) is 36.8 Å². The maximum absolute atomic E-state index is 13.0. The lowest BCUT2D eigenvalue weighted by Gasteiger charge is -2.34. The molecular formula is C28H31N5O4S2. The zero-order chi connectivity index (χ0) is 27.4. The summed E-state index contributed by atoms with van der Waals surface area (Å²) in [5.41, 5.74) is 2.77. The van der Waals surface area contributed by atoms with Crippen LogP contribution in [0.3, 0.4) is 0 Å². The van der Waals surface area contributed by atoms with Crippen molar-refractivity contribution in [3.05, 3.63) is 77.9 Å². The van der Waals surface area contributed by atoms with Crippen LogP contribution in [0.2, 0.25) is 0 Å². The van der Waals surface area contributed by atoms with Gasteiger partial charge in [0.25, 0.3) is 15.9 Å². The number of nitrogens with one attached hydrogen (secondary N) is 2. The van der Waals surface area contributed by atoms with Gasteiger partial charge in [-0.15, -0.1) is 0 Å². The number of para-hydroxylation sites is 2. The molecule has 9 nitrogen and oxygen atoms in total. The Balaban J connectivity index is 1.14. The van der Waals surface area contributed by atoms with E-state index >= 15 is 0 Å². The van der Waals surface area contributed by atoms with Gasteiger partial charge in [0.05, 0.1) is 33.5 Å². The topological polar surface area (TPSA) is 104 Å². The van der Waals surface area contributed by atoms with Crippen LogP contribution >= 0.6 is 11.3 Å². The molecule has 11 heteroatoms. The summed E-state index contributed by atoms with van der Waals surface area (Å²) in [5.74, 6) is 0.230. The Bertz CT molecular complexity index is 1560. The molecule has 1 aliphatic rings. The minimum Gasteiger partial charge on any atom is -0.497 e. The quantitative estimate of drug-likeness (QED) is 0.317. The first-order valence-corrected chi connectivity index (χ1v) is 15.0. The van der Waals surface area contributed by atoms with Gasteiger partial charge in [0, 0.05) is 39.3 Å². The first kappa shape index (κ1) is 26.9. The van der Waals surface area contributed by atoms with E-state index in [0.29, 0.717) is 18.8 Å². The van der Waals surface area contributed by atoms with E-state index in [1.54, 1.807) is 47.7 Å². The largest absolute Gasteiger partial charge is 0.497 e. The minimum atomic E-state index is -3.87. The number of thiazole rings is 1. The Morgan fingerprint density at radius 2 is 1.74 bits per heavy atom. The number of ether oxygens (including phenoxy) is 1. The Labute approximate surface area is 232 Å². The zero-order valence-corrected chi connectivity index (χ0v) is 23.5. The van der Waals surface area contributed by atoms with Crippen molar-refractivity contribution < 1.29 is 17.9 Å². The molecule has 3 aromatic carbocycles. The third-order valence-electron chi connectivity index (χ3n) is 6.75. The second-order valence-electron chi connectivity index (χ2n) is 9.33. The number of rotatable bonds is 9. The number of benzene rings is 3. The molecule has 2 N–H and O–H groups in total. The van der Waals surface area contributed by atoms with Gasteiger partial charge in [-0.3, -0.25) is 14.4 Å². The standard InChI is InChI=1S/C28H31N5O4S2/c1-20-6-5-9-25-26(20)30-28(38-25)33-18-16-32(17-19-33)15-14-29-27(34)23-7-3-4-8-24(23)31-39(35,36)22-12-10-21(37-2)11-13-22/h3-13,31H,14-19H2,1-2H3,(H,29,34). The van der Waals surface area contributed by atoms with Crippen molar-refractivity contribution in [3.63, 3.8) is 0 Å². The van der Waals surface area contributed by atoms with Crippen molar-refractivity contribution in [2.45, 2.75) is 11.8 Å². The van der Waals surface area contributed by atoms with E-state index in [1.165, 1.54) is 29.5 Å². The van der Waals surface area contributed by atoms with Crippen molar-refractivity contribution >= 4 is 48.3 Å². The van der Waals surface area contributed by atoms with E-state index < -0.39 is 10.0 Å². The number of piperazine rings is 1. The van der Waals surface area contributed by atoms with E-state index in [2.05, 4.69) is 45.0 Å². The fourth-order valence-corrected chi connectivity index (χ4v) is 6.70. The van der Waals surface area contributed by atoms with Gasteiger partial charge in [-0.1, -0.05) is 35.6 Å². The molecule has 204 valence electrons. The molecule has 39 heavy (non-hydrogen) atoms. The van der Waals surface area contributed by atoms with Crippen molar-refractivity contribution in [3.8, 4) is 5.75 Å². The number of carbonyl (C=O) groups excluding carboxylic acids is 1. The van der Waals surface area contributed by atoms with Crippen LogP contribution in [0.1, 0.15) is 15.9 Å². The number of methoxy groups -OCH3 is 1. The molecule has 1 saturated heterocycles. The summed E-state index contributed by atoms with van der Waals surface area (Å²) < 4.78 is 34.6. The van der Waals surface area contributed by atoms with Crippen LogP contribution in [0.4, 0.5) is 10.8 Å². The highest BCUT2D eigenvalue weighted by molar-refractivity contribution is 7.92. The molecule has 1 amide bonds. The predicted molar refractivity (Wildman–Crippen MR) is 156 cm³/mol. The Morgan fingerprint density at radius 1 is 1.00 bits per heavy atom. The van der Waals surface area contributed by atoms with E-state index in [4.69, 9.17) is 9.72 Å². The first-order chi connectivity index (χ1) is 18.8. The van der Waals surface area contributed by atoms with Gasteiger partial charge < -0.3 is 15.0 Å². The van der Waals surface area contributed by atoms with Gasteiger partial charge in [-0.05, 0) is 55.0 Å². The van der Waals surface area contributed by atoms with Gasteiger partial charge in [0.2, 0.25) is 0 Å². The molecule has 0 saturated carbocycles. The SMILES string of the molecule is COc1ccc(S(=O)(=O)Nc2ccccc2C(=O)NCCN2CCN(c3nc4c(C)cccc4s3)CC2)cc1. The highest BCUT2D eigenvalue weighted by atomic mass is 32.2. The fraction of sp³-hybridized carbons (Fsp3) is 0.286. The van der Waals surface area contributed by atoms with Crippen LogP contribution in [0.15, 0.2) is 71.6 Å². The molecule has 4 aromatic rings. The average Bonchev–Trinajstić information content (AvgIpc) is 3.39. The van der Waals surface area contributed by atoms with Crippen LogP contribution in [0.25, 0.3) is 10.2 Å². The molecular weight excluding hydrogens is 534 g/mol. The van der Waals surface area contributed by atoms with Crippen LogP contribution in [0, 0.1) is 6.92 Å². The lowest BCUT2D eigenvalue weighted by Crippen LogP contribution is -2.48. The van der Waals surface area contributed by atoms with Crippen LogP contribution in [-0.2, 0) is 10.0 Å². The number of carbonyl (C=O) groups is 1. The predicted octanol–water partition coefficient (Wildman–Crippen LogP) is 3.97. The van der Waals surface area contributed by atoms with E-state index in [9.17, 15) is 13.2 Å². The number of sulfonamides is 1. The van der Waals surface area contributed by atoms with Crippen LogP contribution in [-0.4, -0.2) is 70.6 Å². The highest BCUT2D eigenvalue weighted by Gasteiger charge is 2.21. The lowest BCUT2D eigenvalue weighted by molar-refractivity contribution is 0.0948. The summed E-state index contributed by atoms with van der Waals surface area (Å²) >= 11 is 1.73. The molecule has 5 rings (SSSR count). The molecule has 1 aliphatic heterocycles. The Kier molecular flexibility index (Phi) is 8.01. The van der Waals surface area contributed by atoms with Crippen molar-refractivity contribution in [2.24, 2.45) is 0 Å². The molecule has 0 bridgehead atoms. The summed E-state index contributed by atoms with van der Waals surface area (Å²) in [6, 6.07) is 18.9. The van der Waals surface area contributed by atoms with Gasteiger partial charge in [-0.25, -0.2) is 13.4 Å². The van der Waals surface area contributed by atoms with Gasteiger partial charge in [0.15, 0.2) is 5.13 Å². The number of anilines is 2. The smallest absolute Gasteiger partial charge is 0.261 e. The molecule has 0 radical (unpaired) electrons. The molecule has 1 fully saturated rings. The first-order valence-electron chi connectivity index (χ1n) is 12.7. The third kappa shape index (κ3) is 6.16. The lowest BCUT2D eigenvalue weighted by atomic mass is 10.1. The second-order valence-corrected chi connectivity index (χ2v) is 12.0. The molecule has 2 heterocycles. The third-order valence-corrected chi connectivity index (χ3v) is 9.21. The maximum atomic E-state index is 13.0. The normalized spacial score (nSPS) is 14.4. The number of fused-ring (bicyclic) bond motifs is 1.